The molecule has 3 heterocycles. The number of aliphatic hydroxyl groups excluding tert-OH is 1. The van der Waals surface area contributed by atoms with Crippen molar-refractivity contribution >= 4 is 29.1 Å². The lowest BCUT2D eigenvalue weighted by molar-refractivity contribution is -0.144. The van der Waals surface area contributed by atoms with E-state index in [1.54, 1.807) is 11.3 Å². The first-order chi connectivity index (χ1) is 25.3. The quantitative estimate of drug-likeness (QED) is 0.161. The van der Waals surface area contributed by atoms with Gasteiger partial charge in [0.05, 0.1) is 87.2 Å². The van der Waals surface area contributed by atoms with Gasteiger partial charge in [-0.25, -0.2) is 4.98 Å². The van der Waals surface area contributed by atoms with Crippen LogP contribution < -0.4 is 10.6 Å². The van der Waals surface area contributed by atoms with E-state index in [9.17, 15) is 19.5 Å². The van der Waals surface area contributed by atoms with Crippen molar-refractivity contribution in [3.8, 4) is 10.4 Å². The van der Waals surface area contributed by atoms with Crippen LogP contribution in [0.2, 0.25) is 0 Å². The summed E-state index contributed by atoms with van der Waals surface area (Å²) in [6.07, 6.45) is 0.612. The smallest absolute Gasteiger partial charge is 0.246 e. The van der Waals surface area contributed by atoms with Crippen molar-refractivity contribution in [3.05, 3.63) is 41.0 Å². The predicted octanol–water partition coefficient (Wildman–Crippen LogP) is 2.58. The van der Waals surface area contributed by atoms with Crippen LogP contribution in [0.1, 0.15) is 57.8 Å². The summed E-state index contributed by atoms with van der Waals surface area (Å²) in [5.74, 6) is -1.26. The Hall–Kier alpha value is -3.02. The number of carbonyl (C=O) groups excluding carboxylic acids is 3. The van der Waals surface area contributed by atoms with E-state index < -0.39 is 35.4 Å². The van der Waals surface area contributed by atoms with E-state index in [1.807, 2.05) is 64.4 Å². The van der Waals surface area contributed by atoms with Gasteiger partial charge in [0.1, 0.15) is 18.7 Å². The Morgan fingerprint density at radius 1 is 0.943 bits per heavy atom. The predicted molar refractivity (Wildman–Crippen MR) is 201 cm³/mol. The number of thiazole rings is 1. The second kappa shape index (κ2) is 21.2. The summed E-state index contributed by atoms with van der Waals surface area (Å²) >= 11 is 1.58. The number of amides is 3. The molecule has 5 atom stereocenters. The van der Waals surface area contributed by atoms with E-state index in [4.69, 9.17) is 23.7 Å². The van der Waals surface area contributed by atoms with Gasteiger partial charge >= 0.3 is 0 Å². The van der Waals surface area contributed by atoms with Crippen LogP contribution in [0.25, 0.3) is 10.4 Å². The maximum atomic E-state index is 13.9. The molecule has 2 saturated heterocycles. The van der Waals surface area contributed by atoms with Gasteiger partial charge in [0.25, 0.3) is 0 Å². The maximum Gasteiger partial charge on any atom is 0.246 e. The number of nitrogens with zero attached hydrogens (tertiary/aromatic N) is 3. The highest BCUT2D eigenvalue weighted by Crippen LogP contribution is 2.29. The van der Waals surface area contributed by atoms with Crippen molar-refractivity contribution in [2.75, 3.05) is 86.1 Å². The fraction of sp³-hybridized carbons (Fsp3) is 0.684. The Labute approximate surface area is 317 Å². The molecule has 0 unspecified atom stereocenters. The Balaban J connectivity index is 1.12. The molecule has 14 nitrogen and oxygen atoms in total. The Morgan fingerprint density at radius 3 is 2.13 bits per heavy atom. The summed E-state index contributed by atoms with van der Waals surface area (Å²) < 4.78 is 27.9. The van der Waals surface area contributed by atoms with E-state index >= 15 is 0 Å². The molecule has 1 aromatic carbocycles. The highest BCUT2D eigenvalue weighted by atomic mass is 32.1. The zero-order valence-electron chi connectivity index (χ0n) is 32.1. The number of carbonyl (C=O) groups is 3. The number of hydrogen-bond acceptors (Lipinski definition) is 12. The van der Waals surface area contributed by atoms with Crippen molar-refractivity contribution in [1.29, 1.82) is 0 Å². The maximum absolute atomic E-state index is 13.9. The van der Waals surface area contributed by atoms with Crippen molar-refractivity contribution in [2.24, 2.45) is 5.41 Å². The average Bonchev–Trinajstić information content (AvgIpc) is 3.85. The monoisotopic (exact) mass is 761 g/mol. The van der Waals surface area contributed by atoms with Crippen LogP contribution in [0, 0.1) is 12.3 Å². The standard InChI is InChI=1S/C38H59N5O9S/c1-26(28-7-9-29(10-8-28)34-27(2)39-25-53-34)40-36(46)32-21-30(44)22-43(32)37(47)35(38(3,4)5)41-33(45)24-51-18-17-49-14-13-48-15-16-50-19-20-52-31-11-12-42(6)23-31/h7-10,25-26,30-32,35,44H,11-24H2,1-6H3,(H,40,46)(H,41,45)/t26-,30+,31+,32-,35+/m0/s1. The normalized spacial score (nSPS) is 20.4. The van der Waals surface area contributed by atoms with Gasteiger partial charge in [-0.15, -0.1) is 11.3 Å². The second-order valence-corrected chi connectivity index (χ2v) is 15.7. The van der Waals surface area contributed by atoms with E-state index in [0.29, 0.717) is 45.7 Å². The van der Waals surface area contributed by atoms with Gasteiger partial charge < -0.3 is 49.2 Å². The zero-order chi connectivity index (χ0) is 38.4. The van der Waals surface area contributed by atoms with Crippen molar-refractivity contribution < 1.29 is 43.2 Å². The summed E-state index contributed by atoms with van der Waals surface area (Å²) in [4.78, 5) is 49.4. The number of β-amino-alcohol motifs (C(OH)–C–C–N with tert-alkyl or cyclic N) is 1. The van der Waals surface area contributed by atoms with Crippen LogP contribution in [0.5, 0.6) is 0 Å². The van der Waals surface area contributed by atoms with Gasteiger partial charge in [0, 0.05) is 26.1 Å². The summed E-state index contributed by atoms with van der Waals surface area (Å²) in [5, 5.41) is 16.4. The summed E-state index contributed by atoms with van der Waals surface area (Å²) in [7, 11) is 2.10. The highest BCUT2D eigenvalue weighted by Gasteiger charge is 2.44. The van der Waals surface area contributed by atoms with Crippen molar-refractivity contribution in [2.45, 2.75) is 77.8 Å². The molecule has 296 valence electrons. The summed E-state index contributed by atoms with van der Waals surface area (Å²) in [6.45, 7) is 14.5. The molecule has 0 aliphatic carbocycles. The molecule has 53 heavy (non-hydrogen) atoms. The first kappa shape index (κ1) is 42.7. The topological polar surface area (TPSA) is 161 Å². The van der Waals surface area contributed by atoms with E-state index in [1.165, 1.54) is 4.90 Å². The molecule has 0 radical (unpaired) electrons. The molecular formula is C38H59N5O9S. The fourth-order valence-electron chi connectivity index (χ4n) is 6.35. The molecule has 3 amide bonds. The molecule has 2 fully saturated rings. The third-order valence-electron chi connectivity index (χ3n) is 9.34. The number of hydrogen-bond donors (Lipinski definition) is 3. The van der Waals surface area contributed by atoms with Gasteiger partial charge in [-0.05, 0) is 43.9 Å². The Bertz CT molecular complexity index is 1440. The summed E-state index contributed by atoms with van der Waals surface area (Å²) in [5.41, 5.74) is 4.07. The largest absolute Gasteiger partial charge is 0.391 e. The fourth-order valence-corrected chi connectivity index (χ4v) is 7.16. The molecule has 1 aromatic heterocycles. The van der Waals surface area contributed by atoms with E-state index in [2.05, 4.69) is 27.6 Å². The molecule has 0 saturated carbocycles. The number of likely N-dealkylation sites (tertiary alicyclic amines) is 2. The molecular weight excluding hydrogens is 703 g/mol. The number of aliphatic hydroxyl groups is 1. The third-order valence-corrected chi connectivity index (χ3v) is 10.3. The van der Waals surface area contributed by atoms with Gasteiger partial charge in [0.2, 0.25) is 17.7 Å². The van der Waals surface area contributed by atoms with E-state index in [0.717, 1.165) is 41.2 Å². The molecule has 2 aliphatic heterocycles. The highest BCUT2D eigenvalue weighted by molar-refractivity contribution is 7.13. The number of aromatic nitrogens is 1. The van der Waals surface area contributed by atoms with Crippen LogP contribution in [0.15, 0.2) is 29.8 Å². The minimum Gasteiger partial charge on any atom is -0.391 e. The molecule has 0 spiro atoms. The summed E-state index contributed by atoms with van der Waals surface area (Å²) in [6, 6.07) is 5.78. The van der Waals surface area contributed by atoms with Gasteiger partial charge in [-0.2, -0.15) is 0 Å². The Morgan fingerprint density at radius 2 is 1.57 bits per heavy atom. The van der Waals surface area contributed by atoms with Crippen LogP contribution in [-0.2, 0) is 38.1 Å². The molecule has 3 N–H and O–H groups in total. The minimum atomic E-state index is -0.946. The van der Waals surface area contributed by atoms with Crippen LogP contribution >= 0.6 is 11.3 Å². The SMILES string of the molecule is Cc1ncsc1-c1ccc([C@H](C)NC(=O)[C@@H]2C[C@@H](O)CN2C(=O)[C@@H](NC(=O)COCCOCCOCCOCCO[C@@H]2CCN(C)C2)C(C)(C)C)cc1. The lowest BCUT2D eigenvalue weighted by atomic mass is 9.85. The van der Waals surface area contributed by atoms with Crippen molar-refractivity contribution in [1.82, 2.24) is 25.4 Å². The Kier molecular flexibility index (Phi) is 17.1. The van der Waals surface area contributed by atoms with Gasteiger partial charge in [-0.3, -0.25) is 14.4 Å². The van der Waals surface area contributed by atoms with E-state index in [-0.39, 0.29) is 44.7 Å². The van der Waals surface area contributed by atoms with Gasteiger partial charge in [-0.1, -0.05) is 45.0 Å². The minimum absolute atomic E-state index is 0.00522. The van der Waals surface area contributed by atoms with Crippen LogP contribution in [0.3, 0.4) is 0 Å². The number of rotatable bonds is 21. The first-order valence-electron chi connectivity index (χ1n) is 18.5. The second-order valence-electron chi connectivity index (χ2n) is 14.8. The first-order valence-corrected chi connectivity index (χ1v) is 19.4. The molecule has 2 aliphatic rings. The number of nitrogens with one attached hydrogen (secondary N) is 2. The molecule has 0 bridgehead atoms. The number of likely N-dealkylation sites (N-methyl/N-ethyl adjacent to an activating group) is 1. The molecule has 2 aromatic rings. The van der Waals surface area contributed by atoms with Crippen LogP contribution in [0.4, 0.5) is 0 Å². The number of ether oxygens (including phenoxy) is 5. The average molecular weight is 762 g/mol. The van der Waals surface area contributed by atoms with Crippen LogP contribution in [-0.4, -0.2) is 148 Å². The lowest BCUT2D eigenvalue weighted by Crippen LogP contribution is -2.58. The van der Waals surface area contributed by atoms with Gasteiger partial charge in [0.15, 0.2) is 0 Å². The van der Waals surface area contributed by atoms with Crippen molar-refractivity contribution in [3.63, 3.8) is 0 Å². The third kappa shape index (κ3) is 13.7. The number of benzene rings is 1. The lowest BCUT2D eigenvalue weighted by Gasteiger charge is -2.35. The molecule has 15 heteroatoms. The molecule has 4 rings (SSSR count). The number of aryl methyl sites for hydroxylation is 1. The zero-order valence-corrected chi connectivity index (χ0v) is 33.0.